The van der Waals surface area contributed by atoms with Gasteiger partial charge in [-0.3, -0.25) is 9.48 Å². The van der Waals surface area contributed by atoms with E-state index in [-0.39, 0.29) is 18.1 Å². The molecule has 0 saturated carbocycles. The molecule has 8 nitrogen and oxygen atoms in total. The van der Waals surface area contributed by atoms with E-state index in [9.17, 15) is 4.79 Å². The van der Waals surface area contributed by atoms with Crippen LogP contribution in [0.5, 0.6) is 0 Å². The van der Waals surface area contributed by atoms with Crippen LogP contribution >= 0.6 is 0 Å². The molecule has 0 aliphatic carbocycles. The molecule has 0 bridgehead atoms. The highest BCUT2D eigenvalue weighted by atomic mass is 16.5. The second-order valence-electron chi connectivity index (χ2n) is 6.30. The van der Waals surface area contributed by atoms with Crippen molar-refractivity contribution in [2.45, 2.75) is 38.5 Å². The first-order valence-electron chi connectivity index (χ1n) is 8.52. The number of nitrogens with one attached hydrogen (secondary N) is 1. The molecule has 1 amide bonds. The molecule has 8 heteroatoms. The van der Waals surface area contributed by atoms with Gasteiger partial charge in [-0.15, -0.1) is 0 Å². The molecule has 0 radical (unpaired) electrons. The van der Waals surface area contributed by atoms with Gasteiger partial charge in [-0.2, -0.15) is 5.10 Å². The zero-order valence-corrected chi connectivity index (χ0v) is 14.8. The minimum atomic E-state index is -0.235. The summed E-state index contributed by atoms with van der Waals surface area (Å²) in [4.78, 5) is 22.8. The molecule has 1 aliphatic heterocycles. The summed E-state index contributed by atoms with van der Waals surface area (Å²) in [6.45, 7) is 3.52. The lowest BCUT2D eigenvalue weighted by Crippen LogP contribution is -2.43. The Morgan fingerprint density at radius 1 is 1.36 bits per heavy atom. The van der Waals surface area contributed by atoms with Crippen molar-refractivity contribution < 1.29 is 9.53 Å². The summed E-state index contributed by atoms with van der Waals surface area (Å²) >= 11 is 0. The number of hydrogen-bond donors (Lipinski definition) is 1. The summed E-state index contributed by atoms with van der Waals surface area (Å²) < 4.78 is 7.77. The first-order valence-corrected chi connectivity index (χ1v) is 8.52. The van der Waals surface area contributed by atoms with Crippen LogP contribution in [-0.2, 0) is 11.3 Å². The lowest BCUT2D eigenvalue weighted by Gasteiger charge is -2.31. The fraction of sp³-hybridized carbons (Fsp3) is 0.529. The van der Waals surface area contributed by atoms with Gasteiger partial charge in [-0.25, -0.2) is 9.97 Å². The lowest BCUT2D eigenvalue weighted by molar-refractivity contribution is -0.00956. The average Bonchev–Trinajstić information content (AvgIpc) is 3.11. The van der Waals surface area contributed by atoms with Gasteiger partial charge in [0.25, 0.3) is 5.91 Å². The predicted octanol–water partition coefficient (Wildman–Crippen LogP) is 1.41. The summed E-state index contributed by atoms with van der Waals surface area (Å²) in [6, 6.07) is -0.105. The third-order valence-electron chi connectivity index (χ3n) is 4.27. The SMILES string of the molecule is CCn1cc([C@H]2OCCC[C@@H]2NC(=O)c2cnc(N(C)C)cn2)cn1. The Labute approximate surface area is 147 Å². The number of aromatic nitrogens is 4. The van der Waals surface area contributed by atoms with Crippen LogP contribution in [0.3, 0.4) is 0 Å². The number of carbonyl (C=O) groups is 1. The highest BCUT2D eigenvalue weighted by Crippen LogP contribution is 2.28. The Morgan fingerprint density at radius 3 is 2.84 bits per heavy atom. The van der Waals surface area contributed by atoms with E-state index in [1.165, 1.54) is 6.20 Å². The normalized spacial score (nSPS) is 20.3. The first-order chi connectivity index (χ1) is 12.1. The van der Waals surface area contributed by atoms with Gasteiger partial charge in [0.15, 0.2) is 0 Å². The smallest absolute Gasteiger partial charge is 0.271 e. The van der Waals surface area contributed by atoms with Crippen molar-refractivity contribution in [2.75, 3.05) is 25.6 Å². The summed E-state index contributed by atoms with van der Waals surface area (Å²) in [6.07, 6.45) is 8.46. The lowest BCUT2D eigenvalue weighted by atomic mass is 9.98. The Balaban J connectivity index is 1.71. The maximum atomic E-state index is 12.5. The van der Waals surface area contributed by atoms with Crippen LogP contribution in [0.25, 0.3) is 0 Å². The fourth-order valence-electron chi connectivity index (χ4n) is 2.87. The molecule has 0 unspecified atom stereocenters. The van der Waals surface area contributed by atoms with Crippen molar-refractivity contribution in [3.8, 4) is 0 Å². The van der Waals surface area contributed by atoms with Crippen LogP contribution < -0.4 is 10.2 Å². The molecule has 25 heavy (non-hydrogen) atoms. The second kappa shape index (κ2) is 7.60. The molecule has 0 spiro atoms. The number of anilines is 1. The van der Waals surface area contributed by atoms with Gasteiger partial charge in [-0.05, 0) is 19.8 Å². The minimum absolute atomic E-state index is 0.105. The summed E-state index contributed by atoms with van der Waals surface area (Å²) in [7, 11) is 3.76. The van der Waals surface area contributed by atoms with Crippen molar-refractivity contribution in [1.82, 2.24) is 25.1 Å². The van der Waals surface area contributed by atoms with Crippen LogP contribution in [0.2, 0.25) is 0 Å². The number of nitrogens with zero attached hydrogens (tertiary/aromatic N) is 5. The monoisotopic (exact) mass is 344 g/mol. The Kier molecular flexibility index (Phi) is 5.28. The van der Waals surface area contributed by atoms with Crippen LogP contribution in [0.1, 0.15) is 41.9 Å². The van der Waals surface area contributed by atoms with Crippen LogP contribution in [0, 0.1) is 0 Å². The molecular weight excluding hydrogens is 320 g/mol. The molecule has 2 aromatic rings. The quantitative estimate of drug-likeness (QED) is 0.883. The van der Waals surface area contributed by atoms with E-state index in [1.54, 1.807) is 6.20 Å². The van der Waals surface area contributed by atoms with E-state index < -0.39 is 0 Å². The molecule has 1 aliphatic rings. The topological polar surface area (TPSA) is 85.2 Å². The Morgan fingerprint density at radius 2 is 2.20 bits per heavy atom. The van der Waals surface area contributed by atoms with Gasteiger partial charge in [0, 0.05) is 39.0 Å². The highest BCUT2D eigenvalue weighted by molar-refractivity contribution is 5.92. The molecule has 3 rings (SSSR count). The van der Waals surface area contributed by atoms with Crippen molar-refractivity contribution >= 4 is 11.7 Å². The summed E-state index contributed by atoms with van der Waals surface area (Å²) in [5, 5.41) is 7.35. The van der Waals surface area contributed by atoms with E-state index in [1.807, 2.05) is 43.0 Å². The molecule has 2 atom stereocenters. The van der Waals surface area contributed by atoms with Gasteiger partial charge in [-0.1, -0.05) is 0 Å². The largest absolute Gasteiger partial charge is 0.371 e. The zero-order chi connectivity index (χ0) is 17.8. The van der Waals surface area contributed by atoms with E-state index in [2.05, 4.69) is 20.4 Å². The number of rotatable bonds is 5. The van der Waals surface area contributed by atoms with Crippen LogP contribution in [0.15, 0.2) is 24.8 Å². The summed E-state index contributed by atoms with van der Waals surface area (Å²) in [5.41, 5.74) is 1.29. The molecule has 1 saturated heterocycles. The molecule has 134 valence electrons. The van der Waals surface area contributed by atoms with Crippen molar-refractivity contribution in [2.24, 2.45) is 0 Å². The molecule has 1 fully saturated rings. The first kappa shape index (κ1) is 17.3. The van der Waals surface area contributed by atoms with E-state index in [4.69, 9.17) is 4.74 Å². The molecule has 2 aromatic heterocycles. The number of ether oxygens (including phenoxy) is 1. The molecule has 3 heterocycles. The van der Waals surface area contributed by atoms with Crippen LogP contribution in [0.4, 0.5) is 5.82 Å². The highest BCUT2D eigenvalue weighted by Gasteiger charge is 2.30. The average molecular weight is 344 g/mol. The molecular formula is C17H24N6O2. The van der Waals surface area contributed by atoms with Crippen molar-refractivity contribution in [1.29, 1.82) is 0 Å². The maximum absolute atomic E-state index is 12.5. The number of hydrogen-bond acceptors (Lipinski definition) is 6. The third kappa shape index (κ3) is 3.96. The predicted molar refractivity (Wildman–Crippen MR) is 93.4 cm³/mol. The van der Waals surface area contributed by atoms with Gasteiger partial charge in [0.2, 0.25) is 0 Å². The standard InChI is InChI=1S/C17H24N6O2/c1-4-23-11-12(8-20-23)16-13(6-5-7-25-16)21-17(24)14-9-19-15(10-18-14)22(2)3/h8-11,13,16H,4-7H2,1-3H3,(H,21,24)/t13-,16+/m0/s1. The summed E-state index contributed by atoms with van der Waals surface area (Å²) in [5.74, 6) is 0.476. The minimum Gasteiger partial charge on any atom is -0.371 e. The van der Waals surface area contributed by atoms with Crippen LogP contribution in [-0.4, -0.2) is 52.4 Å². The Bertz CT molecular complexity index is 712. The van der Waals surface area contributed by atoms with Gasteiger partial charge < -0.3 is 15.0 Å². The number of amides is 1. The van der Waals surface area contributed by atoms with Crippen molar-refractivity contribution in [3.63, 3.8) is 0 Å². The van der Waals surface area contributed by atoms with E-state index in [0.29, 0.717) is 18.1 Å². The Hall–Kier alpha value is -2.48. The third-order valence-corrected chi connectivity index (χ3v) is 4.27. The van der Waals surface area contributed by atoms with Gasteiger partial charge in [0.1, 0.15) is 17.6 Å². The fourth-order valence-corrected chi connectivity index (χ4v) is 2.87. The number of carbonyl (C=O) groups excluding carboxylic acids is 1. The van der Waals surface area contributed by atoms with Gasteiger partial charge >= 0.3 is 0 Å². The van der Waals surface area contributed by atoms with E-state index in [0.717, 1.165) is 24.9 Å². The zero-order valence-electron chi connectivity index (χ0n) is 14.8. The van der Waals surface area contributed by atoms with E-state index >= 15 is 0 Å². The molecule has 1 N–H and O–H groups in total. The maximum Gasteiger partial charge on any atom is 0.271 e. The molecule has 0 aromatic carbocycles. The number of aryl methyl sites for hydroxylation is 1. The van der Waals surface area contributed by atoms with Gasteiger partial charge in [0.05, 0.1) is 24.6 Å². The second-order valence-corrected chi connectivity index (χ2v) is 6.30. The van der Waals surface area contributed by atoms with Crippen molar-refractivity contribution in [3.05, 3.63) is 36.0 Å².